The van der Waals surface area contributed by atoms with Crippen LogP contribution in [0.5, 0.6) is 5.75 Å². The third-order valence-corrected chi connectivity index (χ3v) is 5.83. The van der Waals surface area contributed by atoms with Crippen LogP contribution in [-0.4, -0.2) is 61.4 Å². The molecule has 2 aliphatic heterocycles. The van der Waals surface area contributed by atoms with Gasteiger partial charge in [-0.1, -0.05) is 37.3 Å². The van der Waals surface area contributed by atoms with Gasteiger partial charge in [0.2, 0.25) is 0 Å². The maximum absolute atomic E-state index is 13.6. The lowest BCUT2D eigenvalue weighted by molar-refractivity contribution is -0.120. The normalized spacial score (nSPS) is 17.8. The van der Waals surface area contributed by atoms with Crippen molar-refractivity contribution in [2.24, 2.45) is 0 Å². The zero-order chi connectivity index (χ0) is 21.3. The highest BCUT2D eigenvalue weighted by Crippen LogP contribution is 2.38. The van der Waals surface area contributed by atoms with Crippen molar-refractivity contribution < 1.29 is 14.3 Å². The van der Waals surface area contributed by atoms with Crippen molar-refractivity contribution in [1.82, 2.24) is 9.80 Å². The number of hydrogen-bond donors (Lipinski definition) is 0. The first kappa shape index (κ1) is 20.2. The quantitative estimate of drug-likeness (QED) is 0.716. The first-order valence-corrected chi connectivity index (χ1v) is 10.4. The first-order valence-electron chi connectivity index (χ1n) is 10.4. The van der Waals surface area contributed by atoms with Gasteiger partial charge in [-0.05, 0) is 37.2 Å². The summed E-state index contributed by atoms with van der Waals surface area (Å²) < 4.78 is 5.53. The van der Waals surface area contributed by atoms with E-state index < -0.39 is 0 Å². The molecule has 2 heterocycles. The summed E-state index contributed by atoms with van der Waals surface area (Å²) in [6.45, 7) is 8.22. The van der Waals surface area contributed by atoms with Gasteiger partial charge in [-0.2, -0.15) is 0 Å². The number of nitrogens with zero attached hydrogens (tertiary/aromatic N) is 3. The smallest absolute Gasteiger partial charge is 0.282 e. The molecule has 0 unspecified atom stereocenters. The number of benzene rings is 2. The van der Waals surface area contributed by atoms with Gasteiger partial charge < -0.3 is 14.5 Å². The molecule has 0 aromatic heterocycles. The van der Waals surface area contributed by atoms with Crippen LogP contribution in [0.1, 0.15) is 18.1 Å². The molecule has 2 aromatic rings. The Labute approximate surface area is 177 Å². The van der Waals surface area contributed by atoms with Gasteiger partial charge >= 0.3 is 0 Å². The van der Waals surface area contributed by atoms with Gasteiger partial charge in [-0.3, -0.25) is 9.59 Å². The molecule has 0 N–H and O–H groups in total. The Hall–Kier alpha value is -3.12. The Bertz CT molecular complexity index is 1010. The number of carbonyl (C=O) groups excluding carboxylic acids is 2. The summed E-state index contributed by atoms with van der Waals surface area (Å²) in [5, 5.41) is 0. The first-order chi connectivity index (χ1) is 14.5. The number of amides is 2. The number of rotatable bonds is 5. The van der Waals surface area contributed by atoms with Gasteiger partial charge in [0.25, 0.3) is 11.8 Å². The van der Waals surface area contributed by atoms with Crippen LogP contribution in [0.2, 0.25) is 0 Å². The fraction of sp³-hybridized carbons (Fsp3) is 0.333. The largest absolute Gasteiger partial charge is 0.496 e. The molecule has 0 radical (unpaired) electrons. The summed E-state index contributed by atoms with van der Waals surface area (Å²) in [6.07, 6.45) is 0. The highest BCUT2D eigenvalue weighted by molar-refractivity contribution is 6.45. The van der Waals surface area contributed by atoms with Crippen LogP contribution in [0.4, 0.5) is 5.69 Å². The molecular formula is C24H27N3O3. The zero-order valence-corrected chi connectivity index (χ0v) is 17.7. The van der Waals surface area contributed by atoms with Crippen LogP contribution in [-0.2, 0) is 9.59 Å². The standard InChI is InChI=1S/C24H27N3O3/c1-4-25-12-14-26(15-13-25)22-21(19-10-5-6-11-20(19)30-3)23(28)27(24(22)29)18-9-7-8-17(2)16-18/h5-11,16H,4,12-15H2,1-3H3. The van der Waals surface area contributed by atoms with Gasteiger partial charge in [0.15, 0.2) is 0 Å². The third kappa shape index (κ3) is 3.48. The predicted octanol–water partition coefficient (Wildman–Crippen LogP) is 2.93. The van der Waals surface area contributed by atoms with E-state index in [1.807, 2.05) is 49.4 Å². The summed E-state index contributed by atoms with van der Waals surface area (Å²) in [5.41, 5.74) is 3.14. The second-order valence-corrected chi connectivity index (χ2v) is 7.63. The zero-order valence-electron chi connectivity index (χ0n) is 17.7. The van der Waals surface area contributed by atoms with Crippen molar-refractivity contribution in [1.29, 1.82) is 0 Å². The number of carbonyl (C=O) groups is 2. The predicted molar refractivity (Wildman–Crippen MR) is 117 cm³/mol. The number of likely N-dealkylation sites (N-methyl/N-ethyl adjacent to an activating group) is 1. The molecule has 2 aliphatic rings. The topological polar surface area (TPSA) is 53.1 Å². The SMILES string of the molecule is CCN1CCN(C2=C(c3ccccc3OC)C(=O)N(c3cccc(C)c3)C2=O)CC1. The molecule has 6 heteroatoms. The molecule has 0 spiro atoms. The minimum absolute atomic E-state index is 0.267. The molecular weight excluding hydrogens is 378 g/mol. The van der Waals surface area contributed by atoms with E-state index in [9.17, 15) is 9.59 Å². The Kier molecular flexibility index (Phi) is 5.59. The Morgan fingerprint density at radius 1 is 0.933 bits per heavy atom. The number of anilines is 1. The van der Waals surface area contributed by atoms with Crippen molar-refractivity contribution in [3.8, 4) is 5.75 Å². The van der Waals surface area contributed by atoms with Crippen molar-refractivity contribution in [3.63, 3.8) is 0 Å². The molecule has 156 valence electrons. The average Bonchev–Trinajstić information content (AvgIpc) is 3.03. The van der Waals surface area contributed by atoms with Crippen molar-refractivity contribution in [2.45, 2.75) is 13.8 Å². The van der Waals surface area contributed by atoms with Crippen LogP contribution in [0.3, 0.4) is 0 Å². The van der Waals surface area contributed by atoms with Gasteiger partial charge in [0.1, 0.15) is 11.4 Å². The van der Waals surface area contributed by atoms with Crippen LogP contribution >= 0.6 is 0 Å². The highest BCUT2D eigenvalue weighted by Gasteiger charge is 2.43. The summed E-state index contributed by atoms with van der Waals surface area (Å²) in [5.74, 6) is 0.0175. The van der Waals surface area contributed by atoms with E-state index in [1.54, 1.807) is 13.2 Å². The molecule has 0 bridgehead atoms. The second-order valence-electron chi connectivity index (χ2n) is 7.63. The van der Waals surface area contributed by atoms with Crippen LogP contribution in [0.15, 0.2) is 54.2 Å². The Balaban J connectivity index is 1.82. The molecule has 0 aliphatic carbocycles. The third-order valence-electron chi connectivity index (χ3n) is 5.83. The maximum atomic E-state index is 13.6. The van der Waals surface area contributed by atoms with E-state index in [0.29, 0.717) is 41.4 Å². The maximum Gasteiger partial charge on any atom is 0.282 e. The van der Waals surface area contributed by atoms with E-state index >= 15 is 0 Å². The average molecular weight is 405 g/mol. The number of methoxy groups -OCH3 is 1. The second kappa shape index (κ2) is 8.32. The van der Waals surface area contributed by atoms with Gasteiger partial charge in [0.05, 0.1) is 18.4 Å². The Morgan fingerprint density at radius 3 is 2.33 bits per heavy atom. The fourth-order valence-corrected chi connectivity index (χ4v) is 4.19. The fourth-order valence-electron chi connectivity index (χ4n) is 4.19. The van der Waals surface area contributed by atoms with Crippen LogP contribution in [0.25, 0.3) is 5.57 Å². The lowest BCUT2D eigenvalue weighted by Gasteiger charge is -2.36. The van der Waals surface area contributed by atoms with E-state index in [-0.39, 0.29) is 11.8 Å². The lowest BCUT2D eigenvalue weighted by atomic mass is 10.0. The minimum Gasteiger partial charge on any atom is -0.496 e. The molecule has 1 saturated heterocycles. The number of para-hydroxylation sites is 1. The molecule has 0 atom stereocenters. The molecule has 4 rings (SSSR count). The van der Waals surface area contributed by atoms with Crippen LogP contribution in [0, 0.1) is 6.92 Å². The van der Waals surface area contributed by atoms with E-state index in [0.717, 1.165) is 25.2 Å². The van der Waals surface area contributed by atoms with Gasteiger partial charge in [-0.15, -0.1) is 0 Å². The minimum atomic E-state index is -0.303. The van der Waals surface area contributed by atoms with Crippen LogP contribution < -0.4 is 9.64 Å². The van der Waals surface area contributed by atoms with Gasteiger partial charge in [0, 0.05) is 31.7 Å². The number of hydrogen-bond acceptors (Lipinski definition) is 5. The molecule has 2 amide bonds. The molecule has 0 saturated carbocycles. The highest BCUT2D eigenvalue weighted by atomic mass is 16.5. The Morgan fingerprint density at radius 2 is 1.67 bits per heavy atom. The number of piperazine rings is 1. The van der Waals surface area contributed by atoms with Crippen molar-refractivity contribution in [2.75, 3.05) is 44.7 Å². The van der Waals surface area contributed by atoms with Gasteiger partial charge in [-0.25, -0.2) is 4.90 Å². The van der Waals surface area contributed by atoms with E-state index in [4.69, 9.17) is 4.74 Å². The monoisotopic (exact) mass is 405 g/mol. The number of imide groups is 1. The number of aryl methyl sites for hydroxylation is 1. The molecule has 2 aromatic carbocycles. The van der Waals surface area contributed by atoms with Crippen molar-refractivity contribution in [3.05, 3.63) is 65.4 Å². The summed E-state index contributed by atoms with van der Waals surface area (Å²) in [4.78, 5) is 32.9. The number of ether oxygens (including phenoxy) is 1. The molecule has 6 nitrogen and oxygen atoms in total. The summed E-state index contributed by atoms with van der Waals surface area (Å²) in [6, 6.07) is 14.9. The summed E-state index contributed by atoms with van der Waals surface area (Å²) in [7, 11) is 1.58. The molecule has 30 heavy (non-hydrogen) atoms. The lowest BCUT2D eigenvalue weighted by Crippen LogP contribution is -2.47. The molecule has 1 fully saturated rings. The van der Waals surface area contributed by atoms with E-state index in [1.165, 1.54) is 4.90 Å². The van der Waals surface area contributed by atoms with Crippen molar-refractivity contribution >= 4 is 23.1 Å². The summed E-state index contributed by atoms with van der Waals surface area (Å²) >= 11 is 0. The van der Waals surface area contributed by atoms with E-state index in [2.05, 4.69) is 16.7 Å².